The van der Waals surface area contributed by atoms with Gasteiger partial charge in [0.25, 0.3) is 0 Å². The van der Waals surface area contributed by atoms with E-state index in [4.69, 9.17) is 0 Å². The van der Waals surface area contributed by atoms with Crippen LogP contribution in [0.25, 0.3) is 0 Å². The van der Waals surface area contributed by atoms with Crippen LogP contribution in [0.15, 0.2) is 24.3 Å². The molecule has 2 rings (SSSR count). The van der Waals surface area contributed by atoms with E-state index in [1.165, 1.54) is 31.4 Å². The zero-order valence-electron chi connectivity index (χ0n) is 13.7. The van der Waals surface area contributed by atoms with Crippen LogP contribution in [0.5, 0.6) is 0 Å². The van der Waals surface area contributed by atoms with Gasteiger partial charge in [-0.2, -0.15) is 0 Å². The van der Waals surface area contributed by atoms with Gasteiger partial charge in [-0.15, -0.1) is 0 Å². The molecule has 1 fully saturated rings. The van der Waals surface area contributed by atoms with Crippen molar-refractivity contribution in [3.63, 3.8) is 0 Å². The Labute approximate surface area is 125 Å². The first kappa shape index (κ1) is 15.6. The molecule has 1 N–H and O–H groups in total. The smallest absolute Gasteiger partial charge is 0.00146 e. The number of aryl methyl sites for hydroxylation is 1. The summed E-state index contributed by atoms with van der Waals surface area (Å²) in [5.41, 5.74) is 2.96. The summed E-state index contributed by atoms with van der Waals surface area (Å²) in [6.45, 7) is 11.5. The Morgan fingerprint density at radius 2 is 2.05 bits per heavy atom. The fourth-order valence-corrected chi connectivity index (χ4v) is 3.55. The van der Waals surface area contributed by atoms with Crippen molar-refractivity contribution in [2.75, 3.05) is 13.1 Å². The first-order valence-electron chi connectivity index (χ1n) is 8.33. The van der Waals surface area contributed by atoms with E-state index in [0.717, 1.165) is 30.2 Å². The molecule has 1 aliphatic rings. The molecule has 0 aromatic heterocycles. The molecule has 1 aromatic carbocycles. The summed E-state index contributed by atoms with van der Waals surface area (Å²) in [7, 11) is 0. The Hall–Kier alpha value is -0.820. The Balaban J connectivity index is 2.04. The fraction of sp³-hybridized carbons (Fsp3) is 0.684. The largest absolute Gasteiger partial charge is 0.316 e. The van der Waals surface area contributed by atoms with Crippen LogP contribution >= 0.6 is 0 Å². The summed E-state index contributed by atoms with van der Waals surface area (Å²) < 4.78 is 0. The second kappa shape index (κ2) is 7.26. The quantitative estimate of drug-likeness (QED) is 0.815. The standard InChI is InChI=1S/C19H31N/c1-14(2)12-20-13-18-9-8-16(4)11-19(18)17-7-5-6-15(3)10-17/h5-7,10,14,16,18-20H,8-9,11-13H2,1-4H3. The highest BCUT2D eigenvalue weighted by Crippen LogP contribution is 2.40. The SMILES string of the molecule is Cc1cccc(C2CC(C)CCC2CNCC(C)C)c1. The van der Waals surface area contributed by atoms with Crippen LogP contribution < -0.4 is 5.32 Å². The number of nitrogens with one attached hydrogen (secondary N) is 1. The molecule has 112 valence electrons. The minimum atomic E-state index is 0.745. The number of hydrogen-bond donors (Lipinski definition) is 1. The zero-order valence-corrected chi connectivity index (χ0v) is 13.7. The molecule has 0 aliphatic heterocycles. The summed E-state index contributed by atoms with van der Waals surface area (Å²) in [5, 5.41) is 3.68. The maximum Gasteiger partial charge on any atom is -0.00146 e. The first-order chi connectivity index (χ1) is 9.56. The second-order valence-electron chi connectivity index (χ2n) is 7.25. The number of hydrogen-bond acceptors (Lipinski definition) is 1. The Morgan fingerprint density at radius 3 is 2.75 bits per heavy atom. The van der Waals surface area contributed by atoms with Crippen LogP contribution in [0.2, 0.25) is 0 Å². The van der Waals surface area contributed by atoms with Gasteiger partial charge in [-0.05, 0) is 62.1 Å². The molecule has 20 heavy (non-hydrogen) atoms. The minimum absolute atomic E-state index is 0.745. The van der Waals surface area contributed by atoms with E-state index < -0.39 is 0 Å². The third-order valence-electron chi connectivity index (χ3n) is 4.68. The first-order valence-corrected chi connectivity index (χ1v) is 8.33. The van der Waals surface area contributed by atoms with Gasteiger partial charge in [-0.1, -0.05) is 57.0 Å². The van der Waals surface area contributed by atoms with Crippen molar-refractivity contribution in [1.29, 1.82) is 0 Å². The maximum atomic E-state index is 3.68. The molecule has 3 atom stereocenters. The molecule has 1 aromatic rings. The van der Waals surface area contributed by atoms with Gasteiger partial charge in [0.2, 0.25) is 0 Å². The van der Waals surface area contributed by atoms with E-state index >= 15 is 0 Å². The van der Waals surface area contributed by atoms with E-state index in [1.807, 2.05) is 0 Å². The lowest BCUT2D eigenvalue weighted by atomic mass is 9.71. The molecule has 3 unspecified atom stereocenters. The molecule has 0 amide bonds. The van der Waals surface area contributed by atoms with Gasteiger partial charge in [0.1, 0.15) is 0 Å². The van der Waals surface area contributed by atoms with E-state index in [0.29, 0.717) is 0 Å². The second-order valence-corrected chi connectivity index (χ2v) is 7.25. The Kier molecular flexibility index (Phi) is 5.65. The molecule has 0 saturated heterocycles. The third kappa shape index (κ3) is 4.34. The van der Waals surface area contributed by atoms with Crippen LogP contribution in [0.3, 0.4) is 0 Å². The van der Waals surface area contributed by atoms with Crippen molar-refractivity contribution in [3.8, 4) is 0 Å². The zero-order chi connectivity index (χ0) is 14.5. The van der Waals surface area contributed by atoms with Crippen LogP contribution in [-0.2, 0) is 0 Å². The van der Waals surface area contributed by atoms with Crippen LogP contribution in [-0.4, -0.2) is 13.1 Å². The number of benzene rings is 1. The molecule has 0 bridgehead atoms. The van der Waals surface area contributed by atoms with Crippen LogP contribution in [0.1, 0.15) is 57.1 Å². The molecule has 1 heteroatoms. The summed E-state index contributed by atoms with van der Waals surface area (Å²) in [5.74, 6) is 3.18. The highest BCUT2D eigenvalue weighted by atomic mass is 14.9. The predicted molar refractivity (Wildman–Crippen MR) is 88.1 cm³/mol. The van der Waals surface area contributed by atoms with Crippen molar-refractivity contribution in [2.24, 2.45) is 17.8 Å². The molecular formula is C19H31N. The summed E-state index contributed by atoms with van der Waals surface area (Å²) in [4.78, 5) is 0. The highest BCUT2D eigenvalue weighted by molar-refractivity contribution is 5.26. The van der Waals surface area contributed by atoms with Crippen molar-refractivity contribution < 1.29 is 0 Å². The summed E-state index contributed by atoms with van der Waals surface area (Å²) >= 11 is 0. The highest BCUT2D eigenvalue weighted by Gasteiger charge is 2.29. The number of rotatable bonds is 5. The van der Waals surface area contributed by atoms with Crippen molar-refractivity contribution in [2.45, 2.75) is 52.9 Å². The topological polar surface area (TPSA) is 12.0 Å². The lowest BCUT2D eigenvalue weighted by molar-refractivity contribution is 0.240. The van der Waals surface area contributed by atoms with E-state index in [9.17, 15) is 0 Å². The molecule has 0 spiro atoms. The van der Waals surface area contributed by atoms with Crippen LogP contribution in [0.4, 0.5) is 0 Å². The summed E-state index contributed by atoms with van der Waals surface area (Å²) in [6.07, 6.45) is 4.14. The predicted octanol–water partition coefficient (Wildman–Crippen LogP) is 4.76. The lowest BCUT2D eigenvalue weighted by Gasteiger charge is -2.36. The normalized spacial score (nSPS) is 26.9. The van der Waals surface area contributed by atoms with Gasteiger partial charge in [-0.25, -0.2) is 0 Å². The van der Waals surface area contributed by atoms with Crippen molar-refractivity contribution >= 4 is 0 Å². The lowest BCUT2D eigenvalue weighted by Crippen LogP contribution is -2.33. The Bertz CT molecular complexity index is 410. The molecule has 0 heterocycles. The van der Waals surface area contributed by atoms with Gasteiger partial charge >= 0.3 is 0 Å². The Morgan fingerprint density at radius 1 is 1.25 bits per heavy atom. The van der Waals surface area contributed by atoms with E-state index in [1.54, 1.807) is 5.56 Å². The maximum absolute atomic E-state index is 3.68. The van der Waals surface area contributed by atoms with Gasteiger partial charge in [0.05, 0.1) is 0 Å². The molecule has 1 aliphatic carbocycles. The van der Waals surface area contributed by atoms with Gasteiger partial charge in [-0.3, -0.25) is 0 Å². The molecule has 1 nitrogen and oxygen atoms in total. The van der Waals surface area contributed by atoms with Crippen molar-refractivity contribution in [1.82, 2.24) is 5.32 Å². The van der Waals surface area contributed by atoms with E-state index in [2.05, 4.69) is 57.3 Å². The van der Waals surface area contributed by atoms with E-state index in [-0.39, 0.29) is 0 Å². The third-order valence-corrected chi connectivity index (χ3v) is 4.68. The fourth-order valence-electron chi connectivity index (χ4n) is 3.55. The molecule has 0 radical (unpaired) electrons. The van der Waals surface area contributed by atoms with Crippen molar-refractivity contribution in [3.05, 3.63) is 35.4 Å². The monoisotopic (exact) mass is 273 g/mol. The average Bonchev–Trinajstić information content (AvgIpc) is 2.40. The minimum Gasteiger partial charge on any atom is -0.316 e. The van der Waals surface area contributed by atoms with Gasteiger partial charge in [0.15, 0.2) is 0 Å². The average molecular weight is 273 g/mol. The van der Waals surface area contributed by atoms with Crippen LogP contribution in [0, 0.1) is 24.7 Å². The van der Waals surface area contributed by atoms with Gasteiger partial charge < -0.3 is 5.32 Å². The molecular weight excluding hydrogens is 242 g/mol. The molecule has 1 saturated carbocycles. The van der Waals surface area contributed by atoms with Gasteiger partial charge in [0, 0.05) is 0 Å². The summed E-state index contributed by atoms with van der Waals surface area (Å²) in [6, 6.07) is 9.17.